The van der Waals surface area contributed by atoms with Crippen molar-refractivity contribution in [2.75, 3.05) is 19.7 Å². The molecule has 0 radical (unpaired) electrons. The molecule has 5 heteroatoms. The highest BCUT2D eigenvalue weighted by atomic mass is 79.9. The van der Waals surface area contributed by atoms with Gasteiger partial charge >= 0.3 is 0 Å². The molecule has 4 nitrogen and oxygen atoms in total. The number of carbonyl (C=O) groups excluding carboxylic acids is 1. The zero-order valence-electron chi connectivity index (χ0n) is 12.8. The van der Waals surface area contributed by atoms with E-state index in [-0.39, 0.29) is 5.91 Å². The number of benzene rings is 1. The fourth-order valence-electron chi connectivity index (χ4n) is 2.95. The van der Waals surface area contributed by atoms with Crippen molar-refractivity contribution in [3.8, 4) is 5.75 Å². The van der Waals surface area contributed by atoms with Crippen LogP contribution >= 0.6 is 15.9 Å². The van der Waals surface area contributed by atoms with Crippen LogP contribution in [0.1, 0.15) is 32.1 Å². The lowest BCUT2D eigenvalue weighted by Gasteiger charge is -2.15. The molecule has 1 N–H and O–H groups in total. The maximum absolute atomic E-state index is 12.0. The first-order valence-electron chi connectivity index (χ1n) is 8.13. The standard InChI is InChI=1S/C17H23BrN2O2/c18-15-4-1-2-5-16(15)22-11-3-6-17(21)19-13-9-10-20(12-13)14-7-8-14/h1-2,4-5,13-14H,3,6-12H2,(H,19,21). The van der Waals surface area contributed by atoms with Gasteiger partial charge < -0.3 is 10.1 Å². The van der Waals surface area contributed by atoms with E-state index in [4.69, 9.17) is 4.74 Å². The van der Waals surface area contributed by atoms with E-state index in [2.05, 4.69) is 26.1 Å². The second kappa shape index (κ2) is 7.47. The van der Waals surface area contributed by atoms with Gasteiger partial charge in [-0.15, -0.1) is 0 Å². The Balaban J connectivity index is 1.30. The van der Waals surface area contributed by atoms with Crippen molar-refractivity contribution >= 4 is 21.8 Å². The monoisotopic (exact) mass is 366 g/mol. The first-order chi connectivity index (χ1) is 10.7. The van der Waals surface area contributed by atoms with Gasteiger partial charge in [0.05, 0.1) is 11.1 Å². The van der Waals surface area contributed by atoms with Crippen LogP contribution in [0.4, 0.5) is 0 Å². The van der Waals surface area contributed by atoms with E-state index < -0.39 is 0 Å². The predicted molar refractivity (Wildman–Crippen MR) is 90.0 cm³/mol. The molecule has 22 heavy (non-hydrogen) atoms. The Hall–Kier alpha value is -1.07. The van der Waals surface area contributed by atoms with Gasteiger partial charge in [-0.3, -0.25) is 9.69 Å². The van der Waals surface area contributed by atoms with E-state index in [0.717, 1.165) is 42.2 Å². The number of hydrogen-bond donors (Lipinski definition) is 1. The van der Waals surface area contributed by atoms with Crippen molar-refractivity contribution in [3.63, 3.8) is 0 Å². The van der Waals surface area contributed by atoms with E-state index >= 15 is 0 Å². The van der Waals surface area contributed by atoms with Crippen LogP contribution in [0, 0.1) is 0 Å². The average Bonchev–Trinajstić information content (AvgIpc) is 3.26. The molecule has 3 rings (SSSR count). The van der Waals surface area contributed by atoms with E-state index in [1.807, 2.05) is 24.3 Å². The number of ether oxygens (including phenoxy) is 1. The number of carbonyl (C=O) groups is 1. The first kappa shape index (κ1) is 15.8. The molecule has 0 aromatic heterocycles. The number of amides is 1. The van der Waals surface area contributed by atoms with Crippen LogP contribution in [0.2, 0.25) is 0 Å². The summed E-state index contributed by atoms with van der Waals surface area (Å²) in [6.45, 7) is 2.74. The van der Waals surface area contributed by atoms with Crippen molar-refractivity contribution in [1.29, 1.82) is 0 Å². The lowest BCUT2D eigenvalue weighted by Crippen LogP contribution is -2.37. The zero-order valence-corrected chi connectivity index (χ0v) is 14.3. The van der Waals surface area contributed by atoms with Crippen LogP contribution in [0.15, 0.2) is 28.7 Å². The fraction of sp³-hybridized carbons (Fsp3) is 0.588. The Morgan fingerprint density at radius 3 is 2.91 bits per heavy atom. The fourth-order valence-corrected chi connectivity index (χ4v) is 3.35. The van der Waals surface area contributed by atoms with Gasteiger partial charge in [-0.25, -0.2) is 0 Å². The highest BCUT2D eigenvalue weighted by Gasteiger charge is 2.34. The largest absolute Gasteiger partial charge is 0.492 e. The van der Waals surface area contributed by atoms with Crippen LogP contribution < -0.4 is 10.1 Å². The van der Waals surface area contributed by atoms with Crippen LogP contribution in [0.5, 0.6) is 5.75 Å². The number of halogens is 1. The quantitative estimate of drug-likeness (QED) is 0.754. The Kier molecular flexibility index (Phi) is 5.37. The molecule has 1 heterocycles. The average molecular weight is 367 g/mol. The van der Waals surface area contributed by atoms with E-state index in [0.29, 0.717) is 19.1 Å². The maximum atomic E-state index is 12.0. The minimum atomic E-state index is 0.151. The molecule has 1 aromatic carbocycles. The summed E-state index contributed by atoms with van der Waals surface area (Å²) in [4.78, 5) is 14.5. The third-order valence-electron chi connectivity index (χ3n) is 4.29. The van der Waals surface area contributed by atoms with Gasteiger partial charge in [0.2, 0.25) is 5.91 Å². The normalized spacial score (nSPS) is 21.8. The zero-order chi connectivity index (χ0) is 15.4. The van der Waals surface area contributed by atoms with Gasteiger partial charge in [0.1, 0.15) is 5.75 Å². The highest BCUT2D eigenvalue weighted by molar-refractivity contribution is 9.10. The Bertz CT molecular complexity index is 519. The minimum absolute atomic E-state index is 0.151. The molecule has 1 aliphatic heterocycles. The Labute approximate surface area is 140 Å². The van der Waals surface area contributed by atoms with E-state index in [1.165, 1.54) is 12.8 Å². The number of rotatable bonds is 7. The third kappa shape index (κ3) is 4.46. The number of likely N-dealkylation sites (tertiary alicyclic amines) is 1. The Morgan fingerprint density at radius 2 is 2.14 bits per heavy atom. The molecule has 0 bridgehead atoms. The van der Waals surface area contributed by atoms with Crippen LogP contribution in [0.3, 0.4) is 0 Å². The smallest absolute Gasteiger partial charge is 0.220 e. The van der Waals surface area contributed by atoms with Gasteiger partial charge in [0.25, 0.3) is 0 Å². The number of nitrogens with zero attached hydrogens (tertiary/aromatic N) is 1. The Morgan fingerprint density at radius 1 is 1.32 bits per heavy atom. The van der Waals surface area contributed by atoms with E-state index in [9.17, 15) is 4.79 Å². The molecule has 1 aromatic rings. The minimum Gasteiger partial charge on any atom is -0.492 e. The van der Waals surface area contributed by atoms with Crippen LogP contribution in [-0.4, -0.2) is 42.6 Å². The van der Waals surface area contributed by atoms with Crippen molar-refractivity contribution in [2.45, 2.75) is 44.2 Å². The second-order valence-electron chi connectivity index (χ2n) is 6.16. The number of hydrogen-bond acceptors (Lipinski definition) is 3. The molecule has 1 aliphatic carbocycles. The van der Waals surface area contributed by atoms with Gasteiger partial charge in [0, 0.05) is 31.6 Å². The first-order valence-corrected chi connectivity index (χ1v) is 8.92. The summed E-state index contributed by atoms with van der Waals surface area (Å²) in [6.07, 6.45) is 5.05. The van der Waals surface area contributed by atoms with Gasteiger partial charge in [-0.2, -0.15) is 0 Å². The molecule has 120 valence electrons. The predicted octanol–water partition coefficient (Wildman–Crippen LogP) is 2.96. The molecular formula is C17H23BrN2O2. The van der Waals surface area contributed by atoms with Crippen molar-refractivity contribution in [3.05, 3.63) is 28.7 Å². The summed E-state index contributed by atoms with van der Waals surface area (Å²) in [5, 5.41) is 3.16. The number of para-hydroxylation sites is 1. The molecule has 1 saturated heterocycles. The van der Waals surface area contributed by atoms with Crippen LogP contribution in [0.25, 0.3) is 0 Å². The van der Waals surface area contributed by atoms with Crippen molar-refractivity contribution in [1.82, 2.24) is 10.2 Å². The summed E-state index contributed by atoms with van der Waals surface area (Å²) < 4.78 is 6.63. The lowest BCUT2D eigenvalue weighted by atomic mass is 10.2. The van der Waals surface area contributed by atoms with Crippen molar-refractivity contribution < 1.29 is 9.53 Å². The summed E-state index contributed by atoms with van der Waals surface area (Å²) in [7, 11) is 0. The second-order valence-corrected chi connectivity index (χ2v) is 7.02. The topological polar surface area (TPSA) is 41.6 Å². The highest BCUT2D eigenvalue weighted by Crippen LogP contribution is 2.29. The van der Waals surface area contributed by atoms with Crippen molar-refractivity contribution in [2.24, 2.45) is 0 Å². The molecule has 1 amide bonds. The molecule has 1 saturated carbocycles. The van der Waals surface area contributed by atoms with Gasteiger partial charge in [-0.1, -0.05) is 12.1 Å². The third-order valence-corrected chi connectivity index (χ3v) is 4.95. The maximum Gasteiger partial charge on any atom is 0.220 e. The molecule has 1 atom stereocenters. The summed E-state index contributed by atoms with van der Waals surface area (Å²) in [6, 6.07) is 8.93. The summed E-state index contributed by atoms with van der Waals surface area (Å²) >= 11 is 3.45. The molecular weight excluding hydrogens is 344 g/mol. The number of nitrogens with one attached hydrogen (secondary N) is 1. The molecule has 1 unspecified atom stereocenters. The SMILES string of the molecule is O=C(CCCOc1ccccc1Br)NC1CCN(C2CC2)C1. The van der Waals surface area contributed by atoms with Gasteiger partial charge in [0.15, 0.2) is 0 Å². The van der Waals surface area contributed by atoms with E-state index in [1.54, 1.807) is 0 Å². The lowest BCUT2D eigenvalue weighted by molar-refractivity contribution is -0.121. The summed E-state index contributed by atoms with van der Waals surface area (Å²) in [5.41, 5.74) is 0. The molecule has 2 fully saturated rings. The van der Waals surface area contributed by atoms with Crippen LogP contribution in [-0.2, 0) is 4.79 Å². The van der Waals surface area contributed by atoms with Gasteiger partial charge in [-0.05, 0) is 53.7 Å². The molecule has 0 spiro atoms. The molecule has 2 aliphatic rings. The summed E-state index contributed by atoms with van der Waals surface area (Å²) in [5.74, 6) is 0.983.